The largest absolute Gasteiger partial charge is 0.373 e. The Morgan fingerprint density at radius 3 is 2.43 bits per heavy atom. The Kier molecular flexibility index (Phi) is 4.04. The van der Waals surface area contributed by atoms with Crippen molar-refractivity contribution in [2.45, 2.75) is 32.2 Å². The van der Waals surface area contributed by atoms with Gasteiger partial charge in [-0.2, -0.15) is 0 Å². The Morgan fingerprint density at radius 1 is 1.10 bits per heavy atom. The molecule has 1 heterocycles. The monoisotopic (exact) mass is 282 g/mol. The van der Waals surface area contributed by atoms with Crippen LogP contribution in [0.4, 0.5) is 11.6 Å². The van der Waals surface area contributed by atoms with Gasteiger partial charge >= 0.3 is 0 Å². The Hall–Kier alpha value is -2.10. The van der Waals surface area contributed by atoms with Gasteiger partial charge in [-0.3, -0.25) is 0 Å². The first kappa shape index (κ1) is 13.9. The third-order valence-corrected chi connectivity index (χ3v) is 4.25. The van der Waals surface area contributed by atoms with Gasteiger partial charge in [-0.25, -0.2) is 9.97 Å². The third kappa shape index (κ3) is 3.15. The molecule has 2 N–H and O–H groups in total. The van der Waals surface area contributed by atoms with Crippen molar-refractivity contribution in [1.82, 2.24) is 9.97 Å². The van der Waals surface area contributed by atoms with Gasteiger partial charge in [0.25, 0.3) is 0 Å². The van der Waals surface area contributed by atoms with Crippen LogP contribution in [0.3, 0.4) is 0 Å². The molecule has 1 aliphatic carbocycles. The molecule has 0 saturated heterocycles. The lowest BCUT2D eigenvalue weighted by Gasteiger charge is -2.32. The molecule has 1 saturated carbocycles. The maximum absolute atomic E-state index is 4.67. The number of rotatable bonds is 5. The highest BCUT2D eigenvalue weighted by Gasteiger charge is 2.24. The molecule has 110 valence electrons. The normalized spacial score (nSPS) is 16.1. The maximum atomic E-state index is 4.67. The van der Waals surface area contributed by atoms with Crippen molar-refractivity contribution >= 4 is 11.6 Å². The minimum absolute atomic E-state index is 0.460. The highest BCUT2D eigenvalue weighted by molar-refractivity contribution is 5.61. The summed E-state index contributed by atoms with van der Waals surface area (Å²) in [6, 6.07) is 12.5. The fourth-order valence-corrected chi connectivity index (χ4v) is 2.66. The smallest absolute Gasteiger partial charge is 0.163 e. The summed E-state index contributed by atoms with van der Waals surface area (Å²) in [4.78, 5) is 9.22. The van der Waals surface area contributed by atoms with Crippen molar-refractivity contribution in [1.29, 1.82) is 0 Å². The lowest BCUT2D eigenvalue weighted by Crippen LogP contribution is -2.31. The topological polar surface area (TPSA) is 49.8 Å². The quantitative estimate of drug-likeness (QED) is 0.876. The zero-order chi connectivity index (χ0) is 14.7. The first-order valence-corrected chi connectivity index (χ1v) is 7.65. The number of aromatic nitrogens is 2. The molecular weight excluding hydrogens is 260 g/mol. The van der Waals surface area contributed by atoms with Gasteiger partial charge in [0, 0.05) is 24.7 Å². The minimum Gasteiger partial charge on any atom is -0.373 e. The second-order valence-electron chi connectivity index (χ2n) is 5.70. The first-order valence-electron chi connectivity index (χ1n) is 7.65. The first-order chi connectivity index (χ1) is 10.3. The van der Waals surface area contributed by atoms with E-state index in [1.54, 1.807) is 0 Å². The maximum Gasteiger partial charge on any atom is 0.163 e. The van der Waals surface area contributed by atoms with Crippen LogP contribution in [0.25, 0.3) is 11.4 Å². The van der Waals surface area contributed by atoms with Crippen LogP contribution in [0.1, 0.15) is 26.2 Å². The van der Waals surface area contributed by atoms with Gasteiger partial charge in [0.05, 0.1) is 0 Å². The molecule has 2 aromatic rings. The molecule has 4 nitrogen and oxygen atoms in total. The summed E-state index contributed by atoms with van der Waals surface area (Å²) in [6.45, 7) is 2.24. The van der Waals surface area contributed by atoms with Crippen molar-refractivity contribution in [2.24, 2.45) is 5.92 Å². The molecule has 0 bridgehead atoms. The lowest BCUT2D eigenvalue weighted by molar-refractivity contribution is 0.285. The van der Waals surface area contributed by atoms with E-state index in [0.29, 0.717) is 6.04 Å². The van der Waals surface area contributed by atoms with Crippen LogP contribution in [0.2, 0.25) is 0 Å². The number of benzene rings is 1. The van der Waals surface area contributed by atoms with E-state index in [0.717, 1.165) is 28.9 Å². The van der Waals surface area contributed by atoms with Crippen LogP contribution in [0, 0.1) is 5.92 Å². The molecule has 1 aromatic carbocycles. The Bertz CT molecular complexity index is 593. The third-order valence-electron chi connectivity index (χ3n) is 4.25. The molecule has 0 spiro atoms. The molecular formula is C17H22N4. The second-order valence-corrected chi connectivity index (χ2v) is 5.70. The number of hydrogen-bond donors (Lipinski definition) is 2. The molecule has 3 rings (SSSR count). The van der Waals surface area contributed by atoms with Gasteiger partial charge in [-0.1, -0.05) is 36.8 Å². The predicted octanol–water partition coefficient (Wildman–Crippen LogP) is 3.79. The molecule has 21 heavy (non-hydrogen) atoms. The zero-order valence-electron chi connectivity index (χ0n) is 12.6. The summed E-state index contributed by atoms with van der Waals surface area (Å²) in [5, 5.41) is 6.65. The average Bonchev–Trinajstić information content (AvgIpc) is 2.46. The van der Waals surface area contributed by atoms with Crippen molar-refractivity contribution in [3.8, 4) is 11.4 Å². The van der Waals surface area contributed by atoms with Gasteiger partial charge < -0.3 is 10.6 Å². The summed E-state index contributed by atoms with van der Waals surface area (Å²) in [5.74, 6) is 3.27. The molecule has 1 aliphatic rings. The standard InChI is InChI=1S/C17H22N4/c1-12(13-9-6-10-13)19-16-11-15(18-2)20-17(21-16)14-7-4-3-5-8-14/h3-5,7-8,11-13H,6,9-10H2,1-2H3,(H2,18,19,20,21). The molecule has 1 atom stereocenters. The van der Waals surface area contributed by atoms with Crippen LogP contribution < -0.4 is 10.6 Å². The van der Waals surface area contributed by atoms with Gasteiger partial charge in [-0.05, 0) is 25.7 Å². The lowest BCUT2D eigenvalue weighted by atomic mass is 9.80. The molecule has 1 fully saturated rings. The van der Waals surface area contributed by atoms with Gasteiger partial charge in [0.2, 0.25) is 0 Å². The highest BCUT2D eigenvalue weighted by Crippen LogP contribution is 2.31. The molecule has 0 aliphatic heterocycles. The Labute approximate surface area is 126 Å². The molecule has 1 unspecified atom stereocenters. The van der Waals surface area contributed by atoms with E-state index in [1.807, 2.05) is 43.4 Å². The van der Waals surface area contributed by atoms with E-state index >= 15 is 0 Å². The van der Waals surface area contributed by atoms with Crippen LogP contribution in [0.15, 0.2) is 36.4 Å². The fourth-order valence-electron chi connectivity index (χ4n) is 2.66. The minimum atomic E-state index is 0.460. The number of nitrogens with zero attached hydrogens (tertiary/aromatic N) is 2. The zero-order valence-corrected chi connectivity index (χ0v) is 12.6. The van der Waals surface area contributed by atoms with Crippen molar-refractivity contribution in [3.63, 3.8) is 0 Å². The molecule has 4 heteroatoms. The van der Waals surface area contributed by atoms with Gasteiger partial charge in [-0.15, -0.1) is 0 Å². The van der Waals surface area contributed by atoms with Crippen LogP contribution in [-0.4, -0.2) is 23.1 Å². The molecule has 1 aromatic heterocycles. The predicted molar refractivity (Wildman–Crippen MR) is 87.4 cm³/mol. The summed E-state index contributed by atoms with van der Waals surface area (Å²) in [5.41, 5.74) is 1.04. The van der Waals surface area contributed by atoms with E-state index < -0.39 is 0 Å². The van der Waals surface area contributed by atoms with E-state index in [1.165, 1.54) is 19.3 Å². The van der Waals surface area contributed by atoms with E-state index in [9.17, 15) is 0 Å². The Balaban J connectivity index is 1.86. The van der Waals surface area contributed by atoms with Gasteiger partial charge in [0.15, 0.2) is 5.82 Å². The Morgan fingerprint density at radius 2 is 1.81 bits per heavy atom. The highest BCUT2D eigenvalue weighted by atomic mass is 15.1. The summed E-state index contributed by atoms with van der Waals surface area (Å²) in [7, 11) is 1.89. The fraction of sp³-hybridized carbons (Fsp3) is 0.412. The van der Waals surface area contributed by atoms with Crippen LogP contribution >= 0.6 is 0 Å². The van der Waals surface area contributed by atoms with Crippen molar-refractivity contribution < 1.29 is 0 Å². The summed E-state index contributed by atoms with van der Waals surface area (Å²) >= 11 is 0. The SMILES string of the molecule is CNc1cc(NC(C)C2CCC2)nc(-c2ccccc2)n1. The van der Waals surface area contributed by atoms with Crippen molar-refractivity contribution in [2.75, 3.05) is 17.7 Å². The summed E-state index contributed by atoms with van der Waals surface area (Å²) < 4.78 is 0. The van der Waals surface area contributed by atoms with Crippen LogP contribution in [0.5, 0.6) is 0 Å². The van der Waals surface area contributed by atoms with Crippen LogP contribution in [-0.2, 0) is 0 Å². The summed E-state index contributed by atoms with van der Waals surface area (Å²) in [6.07, 6.45) is 4.00. The average molecular weight is 282 g/mol. The van der Waals surface area contributed by atoms with Crippen molar-refractivity contribution in [3.05, 3.63) is 36.4 Å². The number of hydrogen-bond acceptors (Lipinski definition) is 4. The van der Waals surface area contributed by atoms with Gasteiger partial charge in [0.1, 0.15) is 11.6 Å². The number of anilines is 2. The van der Waals surface area contributed by atoms with E-state index in [-0.39, 0.29) is 0 Å². The molecule has 0 amide bonds. The van der Waals surface area contributed by atoms with E-state index in [2.05, 4.69) is 27.5 Å². The number of nitrogens with one attached hydrogen (secondary N) is 2. The molecule has 0 radical (unpaired) electrons. The van der Waals surface area contributed by atoms with E-state index in [4.69, 9.17) is 0 Å². The second kappa shape index (κ2) is 6.12.